The van der Waals surface area contributed by atoms with Gasteiger partial charge in [0.1, 0.15) is 48.0 Å². The van der Waals surface area contributed by atoms with Gasteiger partial charge in [0, 0.05) is 32.4 Å². The number of phenolic OH excluding ortho intramolecular Hbond substituents is 1. The van der Waals surface area contributed by atoms with Crippen molar-refractivity contribution in [1.29, 1.82) is 0 Å². The number of phenols is 1. The summed E-state index contributed by atoms with van der Waals surface area (Å²) < 4.78 is 0. The second-order valence-electron chi connectivity index (χ2n) is 18.4. The van der Waals surface area contributed by atoms with E-state index in [0.717, 1.165) is 0 Å². The van der Waals surface area contributed by atoms with Crippen LogP contribution in [-0.2, 0) is 67.2 Å². The Bertz CT molecular complexity index is 2530. The number of benzene rings is 3. The number of primary amides is 2. The number of amides is 10. The van der Waals surface area contributed by atoms with Crippen molar-refractivity contribution >= 4 is 65.0 Å². The zero-order valence-electron chi connectivity index (χ0n) is 42.5. The smallest absolute Gasteiger partial charge is 0.245 e. The van der Waals surface area contributed by atoms with Crippen LogP contribution in [-0.4, -0.2) is 143 Å². The van der Waals surface area contributed by atoms with Crippen molar-refractivity contribution in [2.75, 3.05) is 19.6 Å². The van der Waals surface area contributed by atoms with Crippen LogP contribution in [0.2, 0.25) is 0 Å². The van der Waals surface area contributed by atoms with Crippen molar-refractivity contribution in [2.24, 2.45) is 33.7 Å². The molecule has 0 unspecified atom stereocenters. The number of carbonyl (C=O) groups excluding carboxylic acids is 10. The number of hydrogen-bond donors (Lipinski definition) is 13. The van der Waals surface area contributed by atoms with Gasteiger partial charge in [0.2, 0.25) is 59.1 Å². The molecule has 8 atom stereocenters. The quantitative estimate of drug-likeness (QED) is 0.0183. The van der Waals surface area contributed by atoms with Gasteiger partial charge >= 0.3 is 0 Å². The van der Waals surface area contributed by atoms with Crippen LogP contribution in [0.15, 0.2) is 89.9 Å². The van der Waals surface area contributed by atoms with Crippen LogP contribution in [0.3, 0.4) is 0 Å². The number of nitrogens with zero attached hydrogens (tertiary/aromatic N) is 2. The first kappa shape index (κ1) is 59.9. The zero-order valence-corrected chi connectivity index (χ0v) is 42.5. The molecular weight excluding hydrogens is 985 g/mol. The van der Waals surface area contributed by atoms with Crippen molar-refractivity contribution < 1.29 is 53.1 Å². The number of aliphatic imine (C=N–C) groups is 1. The van der Waals surface area contributed by atoms with Crippen molar-refractivity contribution in [2.45, 2.75) is 120 Å². The van der Waals surface area contributed by atoms with E-state index >= 15 is 0 Å². The van der Waals surface area contributed by atoms with Crippen LogP contribution >= 0.6 is 0 Å². The maximum absolute atomic E-state index is 14.0. The van der Waals surface area contributed by atoms with Gasteiger partial charge in [0.25, 0.3) is 0 Å². The van der Waals surface area contributed by atoms with Gasteiger partial charge in [0.15, 0.2) is 5.96 Å². The Balaban J connectivity index is 1.41. The van der Waals surface area contributed by atoms with Crippen LogP contribution in [0.4, 0.5) is 0 Å². The SMILES string of the molecule is C[C@@H](NC(=O)[C@@H](N)Cc1ccc(O)cc1)C(=O)NCC(=O)N[C@@H](Cc1ccccc1)C(=O)N[C@H](C)C(=O)N1CCC[C@H]1C(=O)N[C@@H](CCC(N)=O)C(=O)N[C@@H](CCCN=C(N)N)C(=O)N[C@@H](Cc1ccccc1)C(N)=O. The van der Waals surface area contributed by atoms with Crippen LogP contribution in [0.5, 0.6) is 5.75 Å². The van der Waals surface area contributed by atoms with E-state index in [9.17, 15) is 53.1 Å². The molecule has 1 fully saturated rings. The minimum Gasteiger partial charge on any atom is -0.508 e. The van der Waals surface area contributed by atoms with Gasteiger partial charge in [-0.25, -0.2) is 0 Å². The lowest BCUT2D eigenvalue weighted by Crippen LogP contribution is -2.59. The Morgan fingerprint density at radius 1 is 0.618 bits per heavy atom. The molecule has 0 aromatic heterocycles. The largest absolute Gasteiger partial charge is 0.508 e. The average molecular weight is 1060 g/mol. The molecule has 0 aliphatic carbocycles. The van der Waals surface area contributed by atoms with Gasteiger partial charge in [-0.05, 0) is 81.2 Å². The second-order valence-corrected chi connectivity index (χ2v) is 18.4. The topological polar surface area (TPSA) is 421 Å². The van der Waals surface area contributed by atoms with Gasteiger partial charge in [-0.2, -0.15) is 0 Å². The van der Waals surface area contributed by atoms with E-state index < -0.39 is 114 Å². The maximum Gasteiger partial charge on any atom is 0.245 e. The highest BCUT2D eigenvalue weighted by molar-refractivity contribution is 5.98. The number of likely N-dealkylation sites (tertiary alicyclic amines) is 1. The maximum atomic E-state index is 14.0. The number of rotatable bonds is 29. The number of hydrogen-bond acceptors (Lipinski definition) is 13. The molecule has 25 nitrogen and oxygen atoms in total. The number of aromatic hydroxyl groups is 1. The lowest BCUT2D eigenvalue weighted by molar-refractivity contribution is -0.142. The Hall–Kier alpha value is -8.61. The Morgan fingerprint density at radius 2 is 1.16 bits per heavy atom. The molecule has 1 heterocycles. The fraction of sp³-hybridized carbons (Fsp3) is 0.431. The highest BCUT2D eigenvalue weighted by Crippen LogP contribution is 2.20. The third-order valence-electron chi connectivity index (χ3n) is 12.2. The standard InChI is InChI=1S/C51H70N14O11/c1-29(59-45(71)35(52)25-33-17-19-34(66)20-18-33)44(70)58-28-42(68)61-39(27-32-13-7-4-8-14-32)48(74)60-30(2)50(76)65-24-10-16-40(65)49(75)63-37(21-22-41(53)67)47(73)62-36(15-9-23-57-51(55)56)46(72)64-38(43(54)69)26-31-11-5-3-6-12-31/h3-8,11-14,17-20,29-30,35-40,66H,9-10,15-16,21-28,52H2,1-2H3,(H2,53,67)(H2,54,69)(H,58,70)(H,59,71)(H,60,74)(H,61,68)(H,62,73)(H,63,75)(H,64,72)(H4,55,56,57)/t29-,30-,35+,36+,37+,38+,39+,40+/m1/s1. The van der Waals surface area contributed by atoms with E-state index in [1.807, 2.05) is 0 Å². The molecule has 4 rings (SSSR count). The van der Waals surface area contributed by atoms with E-state index in [4.69, 9.17) is 28.7 Å². The second kappa shape index (κ2) is 29.9. The lowest BCUT2D eigenvalue weighted by Gasteiger charge is -2.30. The highest BCUT2D eigenvalue weighted by Gasteiger charge is 2.39. The first-order chi connectivity index (χ1) is 36.1. The molecule has 10 amide bonds. The summed E-state index contributed by atoms with van der Waals surface area (Å²) in [7, 11) is 0. The molecule has 3 aromatic carbocycles. The molecule has 25 heteroatoms. The molecule has 0 saturated carbocycles. The third-order valence-corrected chi connectivity index (χ3v) is 12.2. The summed E-state index contributed by atoms with van der Waals surface area (Å²) in [6, 6.07) is 13.8. The lowest BCUT2D eigenvalue weighted by atomic mass is 10.0. The molecule has 1 aliphatic rings. The summed E-state index contributed by atoms with van der Waals surface area (Å²) in [5, 5.41) is 27.4. The van der Waals surface area contributed by atoms with E-state index in [1.165, 1.54) is 30.9 Å². The van der Waals surface area contributed by atoms with Crippen molar-refractivity contribution in [3.05, 3.63) is 102 Å². The number of nitrogens with two attached hydrogens (primary N) is 5. The fourth-order valence-electron chi connectivity index (χ4n) is 8.13. The third kappa shape index (κ3) is 20.0. The average Bonchev–Trinajstić information content (AvgIpc) is 3.88. The predicted molar refractivity (Wildman–Crippen MR) is 278 cm³/mol. The molecule has 0 spiro atoms. The van der Waals surface area contributed by atoms with Crippen LogP contribution < -0.4 is 65.9 Å². The number of nitrogens with one attached hydrogen (secondary N) is 7. The molecular formula is C51H70N14O11. The fourth-order valence-corrected chi connectivity index (χ4v) is 8.13. The van der Waals surface area contributed by atoms with E-state index in [2.05, 4.69) is 42.2 Å². The highest BCUT2D eigenvalue weighted by atomic mass is 16.3. The molecule has 0 bridgehead atoms. The van der Waals surface area contributed by atoms with Crippen molar-refractivity contribution in [3.8, 4) is 5.75 Å². The van der Waals surface area contributed by atoms with Gasteiger partial charge in [-0.1, -0.05) is 72.8 Å². The Kier molecular flexibility index (Phi) is 23.6. The summed E-state index contributed by atoms with van der Waals surface area (Å²) in [6.45, 7) is 2.36. The monoisotopic (exact) mass is 1050 g/mol. The first-order valence-electron chi connectivity index (χ1n) is 24.8. The molecule has 1 aliphatic heterocycles. The van der Waals surface area contributed by atoms with Gasteiger partial charge in [0.05, 0.1) is 12.6 Å². The van der Waals surface area contributed by atoms with Crippen LogP contribution in [0.25, 0.3) is 0 Å². The van der Waals surface area contributed by atoms with Gasteiger partial charge in [-0.15, -0.1) is 0 Å². The molecule has 1 saturated heterocycles. The Labute approximate surface area is 439 Å². The number of guanidine groups is 1. The normalized spacial score (nSPS) is 15.6. The van der Waals surface area contributed by atoms with E-state index in [-0.39, 0.29) is 76.2 Å². The van der Waals surface area contributed by atoms with Crippen LogP contribution in [0.1, 0.15) is 69.1 Å². The molecule has 0 radical (unpaired) electrons. The summed E-state index contributed by atoms with van der Waals surface area (Å²) >= 11 is 0. The summed E-state index contributed by atoms with van der Waals surface area (Å²) in [6.07, 6.45) is 0.146. The van der Waals surface area contributed by atoms with E-state index in [0.29, 0.717) is 23.1 Å². The minimum absolute atomic E-state index is 0.0274. The van der Waals surface area contributed by atoms with Gasteiger partial charge in [-0.3, -0.25) is 52.9 Å². The predicted octanol–water partition coefficient (Wildman–Crippen LogP) is -3.39. The summed E-state index contributed by atoms with van der Waals surface area (Å²) in [5.41, 5.74) is 30.0. The number of carbonyl (C=O) groups is 10. The molecule has 18 N–H and O–H groups in total. The zero-order chi connectivity index (χ0) is 55.9. The van der Waals surface area contributed by atoms with Crippen molar-refractivity contribution in [3.63, 3.8) is 0 Å². The first-order valence-corrected chi connectivity index (χ1v) is 24.8. The molecule has 3 aromatic rings. The van der Waals surface area contributed by atoms with Crippen LogP contribution in [0, 0.1) is 0 Å². The molecule has 410 valence electrons. The summed E-state index contributed by atoms with van der Waals surface area (Å²) in [5.74, 6) is -7.78. The van der Waals surface area contributed by atoms with Gasteiger partial charge < -0.3 is 75.9 Å². The Morgan fingerprint density at radius 3 is 1.74 bits per heavy atom. The van der Waals surface area contributed by atoms with E-state index in [1.54, 1.807) is 72.8 Å². The van der Waals surface area contributed by atoms with Crippen molar-refractivity contribution in [1.82, 2.24) is 42.1 Å². The molecule has 76 heavy (non-hydrogen) atoms. The minimum atomic E-state index is -1.45. The summed E-state index contributed by atoms with van der Waals surface area (Å²) in [4.78, 5) is 138.